The Bertz CT molecular complexity index is 5490. The SMILES string of the molecule is [2H]c1c([2H])c([2H])c(-c2c([2H])c(-c3cccc4c3-[n+]3[c-]n(-c5[c-]c(Oc6[c-]c7c(cc6)c6cc(C#N)ccc6n7-c6cc(C([2H])([2H])C(C)(C)C)ccn6)ccc5)c5cccc(c53)-c3ccccc3-c3ccc(C(C)(C)C)cc3-4)c([2H])c(-c3c([2H])c([2H])c([2H])c([2H])c3[2H])c2[2H])c([2H])c1[2H].[Pt]. The summed E-state index contributed by atoms with van der Waals surface area (Å²) in [7, 11) is 0. The number of ether oxygens (including phenoxy) is 1. The number of rotatable bonds is 8. The van der Waals surface area contributed by atoms with Crippen molar-refractivity contribution in [3.63, 3.8) is 0 Å². The summed E-state index contributed by atoms with van der Waals surface area (Å²) in [6.07, 6.45) is 3.53. The third-order valence-electron chi connectivity index (χ3n) is 14.6. The quantitative estimate of drug-likeness (QED) is 0.113. The second kappa shape index (κ2) is 20.9. The van der Waals surface area contributed by atoms with Gasteiger partial charge in [0.15, 0.2) is 0 Å². The van der Waals surface area contributed by atoms with Crippen molar-refractivity contribution in [1.82, 2.24) is 14.1 Å². The Hall–Kier alpha value is -9.40. The van der Waals surface area contributed by atoms with E-state index in [0.717, 1.165) is 44.2 Å². The predicted octanol–water partition coefficient (Wildman–Crippen LogP) is 18.7. The molecule has 0 N–H and O–H groups in total. The van der Waals surface area contributed by atoms with Crippen LogP contribution in [0.25, 0.3) is 117 Å². The van der Waals surface area contributed by atoms with Gasteiger partial charge in [0.05, 0.1) is 46.2 Å². The average molecular weight is 1270 g/mol. The maximum absolute atomic E-state index is 10.4. The Labute approximate surface area is 520 Å². The molecule has 1 aliphatic rings. The van der Waals surface area contributed by atoms with Gasteiger partial charge in [-0.05, 0) is 155 Å². The average Bonchev–Trinajstić information content (AvgIpc) is 1.30. The number of para-hydroxylation sites is 2. The number of pyridine rings is 1. The van der Waals surface area contributed by atoms with Gasteiger partial charge in [0, 0.05) is 47.0 Å². The van der Waals surface area contributed by atoms with Crippen LogP contribution in [0, 0.1) is 35.2 Å². The zero-order valence-corrected chi connectivity index (χ0v) is 48.1. The maximum Gasteiger partial charge on any atom is 0.268 e. The van der Waals surface area contributed by atoms with E-state index in [-0.39, 0.29) is 43.7 Å². The van der Waals surface area contributed by atoms with Crippen LogP contribution in [-0.2, 0) is 32.9 Å². The Balaban J connectivity index is 0.00000864. The van der Waals surface area contributed by atoms with E-state index in [1.807, 2.05) is 101 Å². The van der Waals surface area contributed by atoms with Crippen molar-refractivity contribution < 1.29 is 50.9 Å². The largest absolute Gasteiger partial charge is 0.510 e. The first kappa shape index (κ1) is 38.3. The van der Waals surface area contributed by atoms with Crippen LogP contribution in [0.15, 0.2) is 224 Å². The molecule has 0 bridgehead atoms. The molecule has 1 aliphatic heterocycles. The molecule has 0 fully saturated rings. The van der Waals surface area contributed by atoms with Gasteiger partial charge in [-0.2, -0.15) is 23.5 Å². The van der Waals surface area contributed by atoms with Crippen molar-refractivity contribution in [1.29, 1.82) is 5.26 Å². The number of benzene rings is 10. The molecule has 3 aromatic heterocycles. The molecule has 13 aromatic rings. The molecule has 0 spiro atoms. The number of hydrogen-bond donors (Lipinski definition) is 0. The van der Waals surface area contributed by atoms with Crippen molar-refractivity contribution in [2.24, 2.45) is 5.41 Å². The number of fused-ring (bicyclic) bond motifs is 10. The number of aromatic nitrogens is 4. The van der Waals surface area contributed by atoms with Gasteiger partial charge in [0.1, 0.15) is 5.82 Å². The second-order valence-corrected chi connectivity index (χ2v) is 22.2. The molecule has 14 rings (SSSR count). The summed E-state index contributed by atoms with van der Waals surface area (Å²) in [4.78, 5) is 4.75. The summed E-state index contributed by atoms with van der Waals surface area (Å²) >= 11 is 0. The zero-order chi connectivity index (χ0) is 69.0. The monoisotopic (exact) mass is 1270 g/mol. The van der Waals surface area contributed by atoms with Crippen molar-refractivity contribution >= 4 is 32.8 Å². The van der Waals surface area contributed by atoms with E-state index >= 15 is 0 Å². The summed E-state index contributed by atoms with van der Waals surface area (Å²) in [6.45, 7) is 11.8. The van der Waals surface area contributed by atoms with Gasteiger partial charge in [-0.15, -0.1) is 29.7 Å². The molecule has 10 aromatic carbocycles. The zero-order valence-electron chi connectivity index (χ0n) is 60.8. The molecule has 0 amide bonds. The van der Waals surface area contributed by atoms with E-state index in [2.05, 4.69) is 63.5 Å². The minimum absolute atomic E-state index is 0. The summed E-state index contributed by atoms with van der Waals surface area (Å²) in [6, 6.07) is 42.9. The number of hydrogen-bond acceptors (Lipinski definition) is 3. The fraction of sp³-hybridized carbons (Fsp3) is 0.118. The van der Waals surface area contributed by atoms with Crippen molar-refractivity contribution in [3.05, 3.63) is 259 Å². The van der Waals surface area contributed by atoms with Crippen LogP contribution in [0.5, 0.6) is 11.5 Å². The van der Waals surface area contributed by atoms with E-state index in [1.165, 1.54) is 0 Å². The van der Waals surface area contributed by atoms with Gasteiger partial charge in [0.25, 0.3) is 6.33 Å². The number of nitriles is 1. The molecule has 404 valence electrons. The first-order valence-electron chi connectivity index (χ1n) is 34.3. The summed E-state index contributed by atoms with van der Waals surface area (Å²) in [5.41, 5.74) is 6.16. The minimum atomic E-state index is -1.74. The Morgan fingerprint density at radius 2 is 1.24 bits per heavy atom. The van der Waals surface area contributed by atoms with E-state index in [0.29, 0.717) is 55.9 Å². The van der Waals surface area contributed by atoms with Gasteiger partial charge < -0.3 is 13.9 Å². The van der Waals surface area contributed by atoms with Gasteiger partial charge in [-0.1, -0.05) is 186 Å². The molecule has 83 heavy (non-hydrogen) atoms. The summed E-state index contributed by atoms with van der Waals surface area (Å²) < 4.78 is 151. The van der Waals surface area contributed by atoms with Crippen molar-refractivity contribution in [2.75, 3.05) is 0 Å². The van der Waals surface area contributed by atoms with E-state index < -0.39 is 118 Å². The Morgan fingerprint density at radius 3 is 1.96 bits per heavy atom. The normalized spacial score (nSPS) is 14.6. The molecule has 0 atom stereocenters. The fourth-order valence-electron chi connectivity index (χ4n) is 11.0. The molecule has 0 radical (unpaired) electrons. The molecule has 6 nitrogen and oxygen atoms in total. The molecule has 7 heteroatoms. The number of imidazole rings is 1. The van der Waals surface area contributed by atoms with E-state index in [1.54, 1.807) is 60.8 Å². The molecule has 0 unspecified atom stereocenters. The molecule has 0 saturated heterocycles. The van der Waals surface area contributed by atoms with Crippen molar-refractivity contribution in [2.45, 2.75) is 53.3 Å². The topological polar surface area (TPSA) is 59.6 Å². The van der Waals surface area contributed by atoms with Gasteiger partial charge in [0.2, 0.25) is 0 Å². The van der Waals surface area contributed by atoms with Gasteiger partial charge in [-0.25, -0.2) is 4.98 Å². The second-order valence-electron chi connectivity index (χ2n) is 22.2. The summed E-state index contributed by atoms with van der Waals surface area (Å²) in [5, 5.41) is 11.5. The van der Waals surface area contributed by atoms with Crippen LogP contribution in [0.4, 0.5) is 0 Å². The van der Waals surface area contributed by atoms with Gasteiger partial charge in [-0.3, -0.25) is 4.57 Å². The Kier molecular flexibility index (Phi) is 9.63. The number of nitrogens with zero attached hydrogens (tertiary/aromatic N) is 5. The Morgan fingerprint density at radius 1 is 0.590 bits per heavy atom. The standard InChI is InChI=1S/C76H57N5O.Pt/c1-75(2,3)46-49-36-37-78-72(39-49)81-69-35-30-50(47-77)38-68(69)64-34-32-59(45-71(64)81)82-58-23-15-22-57(44-58)79-48-80-73-60(55-41-53(51-18-9-7-10-19-51)40-54(42-55)52-20-11-8-12-21-52)26-16-27-66(73)67-43-56(76(4,5)6)31-33-63(67)61-24-13-14-25-62(61)65-28-17-29-70(79)74(65)80;/h7-43H,46H2,1-6H3;/q-2;/i7D,8D,9D,10D,11D,12D,18D,19D,20D,21D,40D,41D,42D,46D2;. The predicted molar refractivity (Wildman–Crippen MR) is 333 cm³/mol. The summed E-state index contributed by atoms with van der Waals surface area (Å²) in [5.74, 6) is 0.988. The van der Waals surface area contributed by atoms with Crippen molar-refractivity contribution in [3.8, 4) is 102 Å². The fourth-order valence-corrected chi connectivity index (χ4v) is 11.0. The molecule has 0 saturated carbocycles. The van der Waals surface area contributed by atoms with Crippen LogP contribution in [0.2, 0.25) is 0 Å². The van der Waals surface area contributed by atoms with Crippen LogP contribution < -0.4 is 9.30 Å². The molecular formula is C76H57N5OPt-2. The minimum Gasteiger partial charge on any atom is -0.510 e. The van der Waals surface area contributed by atoms with Gasteiger partial charge >= 0.3 is 0 Å². The van der Waals surface area contributed by atoms with Crippen LogP contribution in [0.1, 0.15) is 78.8 Å². The maximum atomic E-state index is 10.4. The van der Waals surface area contributed by atoms with E-state index in [9.17, 15) is 14.9 Å². The smallest absolute Gasteiger partial charge is 0.268 e. The molecule has 4 heterocycles. The van der Waals surface area contributed by atoms with E-state index in [4.69, 9.17) is 20.7 Å². The van der Waals surface area contributed by atoms with Crippen LogP contribution >= 0.6 is 0 Å². The first-order valence-corrected chi connectivity index (χ1v) is 26.8. The molecular weight excluding hydrogens is 1190 g/mol. The third-order valence-corrected chi connectivity index (χ3v) is 14.6. The first-order chi connectivity index (χ1) is 46.0. The van der Waals surface area contributed by atoms with Crippen LogP contribution in [0.3, 0.4) is 0 Å². The third kappa shape index (κ3) is 9.65. The van der Waals surface area contributed by atoms with Crippen LogP contribution in [-0.4, -0.2) is 14.1 Å². The molecule has 0 aliphatic carbocycles.